The zero-order chi connectivity index (χ0) is 17.3. The summed E-state index contributed by atoms with van der Waals surface area (Å²) in [5, 5.41) is 9.32. The minimum absolute atomic E-state index is 0.0223. The summed E-state index contributed by atoms with van der Waals surface area (Å²) in [4.78, 5) is 0. The number of aliphatic hydroxyl groups is 1. The van der Waals surface area contributed by atoms with Crippen molar-refractivity contribution in [3.05, 3.63) is 35.9 Å². The van der Waals surface area contributed by atoms with Crippen molar-refractivity contribution in [3.8, 4) is 0 Å². The highest BCUT2D eigenvalue weighted by Gasteiger charge is 2.53. The van der Waals surface area contributed by atoms with Crippen molar-refractivity contribution in [1.29, 1.82) is 0 Å². The van der Waals surface area contributed by atoms with Crippen molar-refractivity contribution >= 4 is 15.9 Å². The average Bonchev–Trinajstić information content (AvgIpc) is 2.45. The largest absolute Gasteiger partial charge is 0.472 e. The van der Waals surface area contributed by atoms with E-state index in [0.717, 1.165) is 5.56 Å². The van der Waals surface area contributed by atoms with Crippen LogP contribution in [0.1, 0.15) is 52.0 Å². The lowest BCUT2D eigenvalue weighted by Gasteiger charge is -2.43. The van der Waals surface area contributed by atoms with Gasteiger partial charge < -0.3 is 9.84 Å². The molecule has 0 aromatic heterocycles. The third kappa shape index (κ3) is 3.43. The molecular formula is C17H25NO4S. The van der Waals surface area contributed by atoms with Gasteiger partial charge in [-0.15, -0.1) is 4.40 Å². The highest BCUT2D eigenvalue weighted by atomic mass is 32.2. The summed E-state index contributed by atoms with van der Waals surface area (Å²) in [7, 11) is -3.66. The molecule has 0 saturated heterocycles. The Kier molecular flexibility index (Phi) is 4.87. The van der Waals surface area contributed by atoms with Gasteiger partial charge in [-0.25, -0.2) is 8.42 Å². The molecule has 1 aliphatic heterocycles. The number of nitrogens with zero attached hydrogens (tertiary/aromatic N) is 1. The molecule has 6 heteroatoms. The summed E-state index contributed by atoms with van der Waals surface area (Å²) < 4.78 is 33.7. The fourth-order valence-corrected chi connectivity index (χ4v) is 3.82. The first kappa shape index (κ1) is 17.9. The molecule has 1 atom stereocenters. The molecule has 23 heavy (non-hydrogen) atoms. The van der Waals surface area contributed by atoms with Crippen LogP contribution in [0, 0.1) is 0 Å². The number of benzene rings is 1. The lowest BCUT2D eigenvalue weighted by atomic mass is 9.91. The molecule has 5 nitrogen and oxygen atoms in total. The van der Waals surface area contributed by atoms with Gasteiger partial charge in [-0.05, 0) is 45.6 Å². The van der Waals surface area contributed by atoms with Crippen LogP contribution in [0.25, 0.3) is 0 Å². The topological polar surface area (TPSA) is 76.0 Å². The Morgan fingerprint density at radius 1 is 1.17 bits per heavy atom. The third-order valence-electron chi connectivity index (χ3n) is 4.86. The van der Waals surface area contributed by atoms with Gasteiger partial charge in [0.2, 0.25) is 5.90 Å². The van der Waals surface area contributed by atoms with E-state index in [1.54, 1.807) is 27.7 Å². The zero-order valence-electron chi connectivity index (χ0n) is 14.1. The molecular weight excluding hydrogens is 314 g/mol. The Morgan fingerprint density at radius 3 is 2.30 bits per heavy atom. The Labute approximate surface area is 138 Å². The van der Waals surface area contributed by atoms with E-state index in [1.165, 1.54) is 0 Å². The Bertz CT molecular complexity index is 678. The minimum atomic E-state index is -3.66. The minimum Gasteiger partial charge on any atom is -0.472 e. The molecule has 1 N–H and O–H groups in total. The van der Waals surface area contributed by atoms with Gasteiger partial charge >= 0.3 is 0 Å². The van der Waals surface area contributed by atoms with Crippen molar-refractivity contribution in [2.24, 2.45) is 4.40 Å². The standard InChI is InChI=1S/C17H25NO4S/c1-16(2)17(3,4)23(20,21)18-15(22-16)12-14(10-11-19)13-8-6-5-7-9-13/h5-9,14,19H,10-12H2,1-4H3/t14-/m1/s1. The number of sulfonamides is 1. The fraction of sp³-hybridized carbons (Fsp3) is 0.588. The van der Waals surface area contributed by atoms with Crippen LogP contribution in [0.5, 0.6) is 0 Å². The van der Waals surface area contributed by atoms with Crippen LogP contribution in [0.3, 0.4) is 0 Å². The highest BCUT2D eigenvalue weighted by Crippen LogP contribution is 2.39. The van der Waals surface area contributed by atoms with Gasteiger partial charge in [0.15, 0.2) is 0 Å². The van der Waals surface area contributed by atoms with Crippen molar-refractivity contribution in [1.82, 2.24) is 0 Å². The molecule has 1 aliphatic rings. The average molecular weight is 339 g/mol. The summed E-state index contributed by atoms with van der Waals surface area (Å²) in [6.45, 7) is 6.82. The SMILES string of the molecule is CC1(C)OC(C[C@@H](CCO)c2ccccc2)=NS(=O)(=O)C1(C)C. The number of aliphatic hydroxyl groups excluding tert-OH is 1. The van der Waals surface area contributed by atoms with Crippen molar-refractivity contribution in [2.75, 3.05) is 6.61 Å². The van der Waals surface area contributed by atoms with Crippen LogP contribution in [0.2, 0.25) is 0 Å². The monoisotopic (exact) mass is 339 g/mol. The molecule has 2 rings (SSSR count). The summed E-state index contributed by atoms with van der Waals surface area (Å²) >= 11 is 0. The number of ether oxygens (including phenoxy) is 1. The lowest BCUT2D eigenvalue weighted by Crippen LogP contribution is -2.56. The van der Waals surface area contributed by atoms with Crippen LogP contribution < -0.4 is 0 Å². The van der Waals surface area contributed by atoms with E-state index in [9.17, 15) is 13.5 Å². The molecule has 0 spiro atoms. The van der Waals surface area contributed by atoms with E-state index in [4.69, 9.17) is 4.74 Å². The molecule has 0 bridgehead atoms. The predicted molar refractivity (Wildman–Crippen MR) is 91.1 cm³/mol. The Balaban J connectivity index is 2.33. The predicted octanol–water partition coefficient (Wildman–Crippen LogP) is 2.86. The van der Waals surface area contributed by atoms with Gasteiger partial charge in [-0.2, -0.15) is 0 Å². The van der Waals surface area contributed by atoms with Gasteiger partial charge in [0.1, 0.15) is 10.3 Å². The van der Waals surface area contributed by atoms with Gasteiger partial charge in [-0.3, -0.25) is 0 Å². The molecule has 0 radical (unpaired) electrons. The van der Waals surface area contributed by atoms with Crippen LogP contribution in [-0.2, 0) is 14.8 Å². The van der Waals surface area contributed by atoms with Gasteiger partial charge in [0.25, 0.3) is 10.0 Å². The van der Waals surface area contributed by atoms with E-state index < -0.39 is 20.4 Å². The van der Waals surface area contributed by atoms with Crippen LogP contribution in [0.15, 0.2) is 34.7 Å². The second-order valence-corrected chi connectivity index (χ2v) is 9.06. The first-order chi connectivity index (χ1) is 10.6. The third-order valence-corrected chi connectivity index (χ3v) is 7.08. The second-order valence-electron chi connectivity index (χ2n) is 6.91. The highest BCUT2D eigenvalue weighted by molar-refractivity contribution is 7.91. The van der Waals surface area contributed by atoms with Crippen molar-refractivity contribution in [3.63, 3.8) is 0 Å². The van der Waals surface area contributed by atoms with Gasteiger partial charge in [0, 0.05) is 13.0 Å². The molecule has 0 unspecified atom stereocenters. The molecule has 0 saturated carbocycles. The van der Waals surface area contributed by atoms with Crippen molar-refractivity contribution < 1.29 is 18.3 Å². The lowest BCUT2D eigenvalue weighted by molar-refractivity contribution is 0.0504. The first-order valence-electron chi connectivity index (χ1n) is 7.79. The molecule has 1 heterocycles. The summed E-state index contributed by atoms with van der Waals surface area (Å²) in [5.74, 6) is 0.184. The quantitative estimate of drug-likeness (QED) is 0.895. The maximum Gasteiger partial charge on any atom is 0.265 e. The summed E-state index contributed by atoms with van der Waals surface area (Å²) in [6, 6.07) is 9.70. The molecule has 1 aromatic carbocycles. The van der Waals surface area contributed by atoms with Crippen LogP contribution in [-0.4, -0.2) is 36.4 Å². The molecule has 1 aromatic rings. The maximum absolute atomic E-state index is 12.5. The summed E-state index contributed by atoms with van der Waals surface area (Å²) in [5.41, 5.74) is 0.163. The first-order valence-corrected chi connectivity index (χ1v) is 9.23. The van der Waals surface area contributed by atoms with E-state index >= 15 is 0 Å². The van der Waals surface area contributed by atoms with E-state index in [2.05, 4.69) is 4.40 Å². The van der Waals surface area contributed by atoms with E-state index in [1.807, 2.05) is 30.3 Å². The van der Waals surface area contributed by atoms with E-state index in [-0.39, 0.29) is 18.4 Å². The molecule has 0 fully saturated rings. The molecule has 0 amide bonds. The van der Waals surface area contributed by atoms with Crippen LogP contribution in [0.4, 0.5) is 0 Å². The normalized spacial score (nSPS) is 22.7. The smallest absolute Gasteiger partial charge is 0.265 e. The Morgan fingerprint density at radius 2 is 1.78 bits per heavy atom. The maximum atomic E-state index is 12.5. The fourth-order valence-electron chi connectivity index (χ4n) is 2.55. The molecule has 128 valence electrons. The number of hydrogen-bond donors (Lipinski definition) is 1. The van der Waals surface area contributed by atoms with E-state index in [0.29, 0.717) is 12.8 Å². The second kappa shape index (κ2) is 6.24. The van der Waals surface area contributed by atoms with Crippen molar-refractivity contribution in [2.45, 2.75) is 56.8 Å². The van der Waals surface area contributed by atoms with Gasteiger partial charge in [0.05, 0.1) is 0 Å². The summed E-state index contributed by atoms with van der Waals surface area (Å²) in [6.07, 6.45) is 0.875. The molecule has 0 aliphatic carbocycles. The number of rotatable bonds is 5. The number of hydrogen-bond acceptors (Lipinski definition) is 4. The van der Waals surface area contributed by atoms with Crippen LogP contribution >= 0.6 is 0 Å². The Hall–Kier alpha value is -1.40. The van der Waals surface area contributed by atoms with Gasteiger partial charge in [-0.1, -0.05) is 30.3 Å². The zero-order valence-corrected chi connectivity index (χ0v) is 14.9.